The minimum atomic E-state index is -1.08. The number of halogens is 2. The number of hydrogen-bond acceptors (Lipinski definition) is 3. The van der Waals surface area contributed by atoms with Crippen molar-refractivity contribution in [3.8, 4) is 0 Å². The highest BCUT2D eigenvalue weighted by Crippen LogP contribution is 2.43. The second-order valence-corrected chi connectivity index (χ2v) is 7.60. The molecule has 2 aromatic rings. The molecule has 7 heteroatoms. The van der Waals surface area contributed by atoms with Crippen molar-refractivity contribution in [2.24, 2.45) is 0 Å². The lowest BCUT2D eigenvalue weighted by Crippen LogP contribution is -2.51. The topological polar surface area (TPSA) is 66.8 Å². The Hall–Kier alpha value is -2.08. The van der Waals surface area contributed by atoms with E-state index in [0.29, 0.717) is 16.6 Å². The third kappa shape index (κ3) is 4.49. The van der Waals surface area contributed by atoms with Crippen molar-refractivity contribution in [2.45, 2.75) is 38.0 Å². The number of aliphatic carboxylic acids is 1. The van der Waals surface area contributed by atoms with Gasteiger partial charge in [-0.25, -0.2) is 0 Å². The van der Waals surface area contributed by atoms with E-state index in [-0.39, 0.29) is 12.3 Å². The smallest absolute Gasteiger partial charge is 0.306 e. The third-order valence-electron chi connectivity index (χ3n) is 4.71. The summed E-state index contributed by atoms with van der Waals surface area (Å²) in [6.07, 6.45) is -1.24. The molecule has 0 radical (unpaired) electrons. The molecule has 1 heterocycles. The number of carboxylic acid groups (broad SMARTS) is 1. The molecule has 1 amide bonds. The Balaban J connectivity index is 2.09. The van der Waals surface area contributed by atoms with Crippen LogP contribution in [0, 0.1) is 0 Å². The molecule has 0 aliphatic carbocycles. The fourth-order valence-electron chi connectivity index (χ4n) is 3.54. The first-order chi connectivity index (χ1) is 13.4. The fraction of sp³-hybridized carbons (Fsp3) is 0.333. The van der Waals surface area contributed by atoms with Crippen molar-refractivity contribution in [3.05, 3.63) is 69.7 Å². The number of benzene rings is 2. The fourth-order valence-corrected chi connectivity index (χ4v) is 3.86. The molecular weight excluding hydrogens is 401 g/mol. The highest BCUT2D eigenvalue weighted by atomic mass is 35.5. The van der Waals surface area contributed by atoms with Crippen LogP contribution >= 0.6 is 23.2 Å². The molecule has 3 rings (SSSR count). The summed E-state index contributed by atoms with van der Waals surface area (Å²) in [5, 5.41) is 10.4. The minimum absolute atomic E-state index is 0.317. The third-order valence-corrected chi connectivity index (χ3v) is 5.19. The van der Waals surface area contributed by atoms with E-state index >= 15 is 0 Å². The monoisotopic (exact) mass is 421 g/mol. The van der Waals surface area contributed by atoms with Crippen molar-refractivity contribution in [3.63, 3.8) is 0 Å². The molecule has 5 nitrogen and oxygen atoms in total. The van der Waals surface area contributed by atoms with E-state index in [4.69, 9.17) is 27.9 Å². The van der Waals surface area contributed by atoms with E-state index in [0.717, 1.165) is 17.5 Å². The standard InChI is InChI=1S/C21H21Cl2NO4/c1-2-10-24-19(13-6-8-15(22)9-7-13)20(14-4-3-5-16(23)11-14)28-17(21(24)27)12-18(25)26/h3-9,11,17,19-20H,2,10,12H2,1H3,(H,25,26)/t17-,19-,20-/m1/s1. The van der Waals surface area contributed by atoms with Crippen LogP contribution in [0.4, 0.5) is 0 Å². The summed E-state index contributed by atoms with van der Waals surface area (Å²) < 4.78 is 6.06. The Morgan fingerprint density at radius 3 is 2.43 bits per heavy atom. The molecule has 2 aromatic carbocycles. The Labute approximate surface area is 173 Å². The van der Waals surface area contributed by atoms with Crippen molar-refractivity contribution in [2.75, 3.05) is 6.54 Å². The van der Waals surface area contributed by atoms with Crippen molar-refractivity contribution in [1.82, 2.24) is 4.90 Å². The first-order valence-corrected chi connectivity index (χ1v) is 9.85. The molecule has 3 atom stereocenters. The van der Waals surface area contributed by atoms with Crippen molar-refractivity contribution >= 4 is 35.1 Å². The zero-order chi connectivity index (χ0) is 20.3. The largest absolute Gasteiger partial charge is 0.481 e. The van der Waals surface area contributed by atoms with Gasteiger partial charge in [-0.3, -0.25) is 9.59 Å². The van der Waals surface area contributed by atoms with Gasteiger partial charge in [0.05, 0.1) is 12.5 Å². The Bertz CT molecular complexity index is 856. The Morgan fingerprint density at radius 2 is 1.82 bits per heavy atom. The first-order valence-electron chi connectivity index (χ1n) is 9.09. The molecule has 0 spiro atoms. The van der Waals surface area contributed by atoms with Crippen LogP contribution in [0.3, 0.4) is 0 Å². The molecule has 0 aromatic heterocycles. The normalized spacial score (nSPS) is 22.3. The first kappa shape index (κ1) is 20.6. The van der Waals surface area contributed by atoms with Gasteiger partial charge < -0.3 is 14.7 Å². The average molecular weight is 422 g/mol. The molecule has 1 saturated heterocycles. The van der Waals surface area contributed by atoms with Gasteiger partial charge in [0, 0.05) is 16.6 Å². The summed E-state index contributed by atoms with van der Waals surface area (Å²) in [5.74, 6) is -1.40. The SMILES string of the molecule is CCCN1C(=O)[C@@H](CC(=O)O)O[C@H](c2cccc(Cl)c2)[C@H]1c1ccc(Cl)cc1. The molecule has 1 aliphatic rings. The Morgan fingerprint density at radius 1 is 1.11 bits per heavy atom. The zero-order valence-electron chi connectivity index (χ0n) is 15.3. The van der Waals surface area contributed by atoms with Crippen LogP contribution in [0.5, 0.6) is 0 Å². The molecular formula is C21H21Cl2NO4. The Kier molecular flexibility index (Phi) is 6.60. The molecule has 1 aliphatic heterocycles. The van der Waals surface area contributed by atoms with Crippen LogP contribution in [-0.2, 0) is 14.3 Å². The lowest BCUT2D eigenvalue weighted by atomic mass is 9.91. The van der Waals surface area contributed by atoms with Gasteiger partial charge in [-0.05, 0) is 41.8 Å². The van der Waals surface area contributed by atoms with Gasteiger partial charge in [0.15, 0.2) is 0 Å². The second-order valence-electron chi connectivity index (χ2n) is 6.73. The molecule has 148 valence electrons. The average Bonchev–Trinajstić information content (AvgIpc) is 2.65. The lowest BCUT2D eigenvalue weighted by molar-refractivity contribution is -0.178. The number of amides is 1. The van der Waals surface area contributed by atoms with Crippen LogP contribution in [0.15, 0.2) is 48.5 Å². The summed E-state index contributed by atoms with van der Waals surface area (Å²) in [7, 11) is 0. The molecule has 0 saturated carbocycles. The lowest BCUT2D eigenvalue weighted by Gasteiger charge is -2.44. The molecule has 0 bridgehead atoms. The maximum Gasteiger partial charge on any atom is 0.306 e. The van der Waals surface area contributed by atoms with Crippen molar-refractivity contribution in [1.29, 1.82) is 0 Å². The summed E-state index contributed by atoms with van der Waals surface area (Å²) in [6.45, 7) is 2.46. The van der Waals surface area contributed by atoms with Crippen LogP contribution in [0.1, 0.15) is 43.0 Å². The number of ether oxygens (including phenoxy) is 1. The van der Waals surface area contributed by atoms with Gasteiger partial charge in [0.1, 0.15) is 12.2 Å². The van der Waals surface area contributed by atoms with E-state index < -0.39 is 24.2 Å². The number of carbonyl (C=O) groups is 2. The highest BCUT2D eigenvalue weighted by molar-refractivity contribution is 6.30. The molecule has 28 heavy (non-hydrogen) atoms. The number of morpholine rings is 1. The van der Waals surface area contributed by atoms with Crippen LogP contribution in [-0.4, -0.2) is 34.5 Å². The van der Waals surface area contributed by atoms with Crippen LogP contribution < -0.4 is 0 Å². The molecule has 1 N–H and O–H groups in total. The number of hydrogen-bond donors (Lipinski definition) is 1. The second kappa shape index (κ2) is 8.95. The number of rotatable bonds is 6. The predicted octanol–water partition coefficient (Wildman–Crippen LogP) is 4.89. The van der Waals surface area contributed by atoms with Gasteiger partial charge in [-0.15, -0.1) is 0 Å². The summed E-state index contributed by atoms with van der Waals surface area (Å²) >= 11 is 12.2. The van der Waals surface area contributed by atoms with Gasteiger partial charge in [0.2, 0.25) is 0 Å². The van der Waals surface area contributed by atoms with E-state index in [1.807, 2.05) is 31.2 Å². The van der Waals surface area contributed by atoms with Gasteiger partial charge >= 0.3 is 5.97 Å². The van der Waals surface area contributed by atoms with Crippen molar-refractivity contribution < 1.29 is 19.4 Å². The minimum Gasteiger partial charge on any atom is -0.481 e. The number of carbonyl (C=O) groups excluding carboxylic acids is 1. The van der Waals surface area contributed by atoms with E-state index in [2.05, 4.69) is 0 Å². The predicted molar refractivity (Wildman–Crippen MR) is 108 cm³/mol. The van der Waals surface area contributed by atoms with Gasteiger partial charge in [0.25, 0.3) is 5.91 Å². The van der Waals surface area contributed by atoms with E-state index in [1.165, 1.54) is 0 Å². The summed E-state index contributed by atoms with van der Waals surface area (Å²) in [4.78, 5) is 26.0. The van der Waals surface area contributed by atoms with E-state index in [1.54, 1.807) is 29.2 Å². The van der Waals surface area contributed by atoms with Gasteiger partial charge in [-0.1, -0.05) is 54.4 Å². The van der Waals surface area contributed by atoms with Gasteiger partial charge in [-0.2, -0.15) is 0 Å². The quantitative estimate of drug-likeness (QED) is 0.720. The highest BCUT2D eigenvalue weighted by Gasteiger charge is 2.44. The number of nitrogens with zero attached hydrogens (tertiary/aromatic N) is 1. The van der Waals surface area contributed by atoms with E-state index in [9.17, 15) is 14.7 Å². The number of carboxylic acids is 1. The van der Waals surface area contributed by atoms with Crippen LogP contribution in [0.2, 0.25) is 10.0 Å². The maximum absolute atomic E-state index is 13.0. The van der Waals surface area contributed by atoms with Crippen LogP contribution in [0.25, 0.3) is 0 Å². The molecule has 1 fully saturated rings. The molecule has 0 unspecified atom stereocenters. The maximum atomic E-state index is 13.0. The summed E-state index contributed by atoms with van der Waals surface area (Å²) in [6, 6.07) is 14.1. The summed E-state index contributed by atoms with van der Waals surface area (Å²) in [5.41, 5.74) is 1.65. The zero-order valence-corrected chi connectivity index (χ0v) is 16.9.